The molecule has 1 rings (SSSR count). The third kappa shape index (κ3) is 2.70. The molecule has 1 aromatic rings. The molecule has 1 heteroatoms. The maximum atomic E-state index is 2.34. The van der Waals surface area contributed by atoms with Crippen LogP contribution in [0.15, 0.2) is 30.3 Å². The van der Waals surface area contributed by atoms with E-state index in [0.717, 1.165) is 5.92 Å². The maximum Gasteiger partial charge on any atom is 0.00359 e. The summed E-state index contributed by atoms with van der Waals surface area (Å²) in [7, 11) is 1.29. The monoisotopic (exact) mass is 192 g/mol. The van der Waals surface area contributed by atoms with Gasteiger partial charge in [0.15, 0.2) is 0 Å². The molecule has 0 aliphatic heterocycles. The van der Waals surface area contributed by atoms with Crippen LogP contribution in [0.3, 0.4) is 0 Å². The highest BCUT2D eigenvalue weighted by molar-refractivity contribution is 6.09. The van der Waals surface area contributed by atoms with Gasteiger partial charge in [-0.3, -0.25) is 0 Å². The van der Waals surface area contributed by atoms with Gasteiger partial charge in [-0.2, -0.15) is 0 Å². The van der Waals surface area contributed by atoms with E-state index in [9.17, 15) is 0 Å². The van der Waals surface area contributed by atoms with Gasteiger partial charge in [-0.05, 0) is 16.9 Å². The van der Waals surface area contributed by atoms with Gasteiger partial charge in [0.25, 0.3) is 0 Å². The van der Waals surface area contributed by atoms with Crippen molar-refractivity contribution in [2.24, 2.45) is 5.41 Å². The number of benzene rings is 1. The normalized spacial score (nSPS) is 14.4. The van der Waals surface area contributed by atoms with Gasteiger partial charge in [-0.15, -0.1) is 0 Å². The molecule has 1 atom stereocenters. The van der Waals surface area contributed by atoms with Crippen LogP contribution >= 0.6 is 0 Å². The molecule has 1 aromatic carbocycles. The summed E-state index contributed by atoms with van der Waals surface area (Å²) in [6.07, 6.45) is 0. The van der Waals surface area contributed by atoms with Crippen LogP contribution in [0.25, 0.3) is 0 Å². The van der Waals surface area contributed by atoms with Crippen molar-refractivity contribution in [3.05, 3.63) is 35.9 Å². The quantitative estimate of drug-likeness (QED) is 0.632. The van der Waals surface area contributed by atoms with Gasteiger partial charge in [0.2, 0.25) is 0 Å². The molecular formula is C12H20Si. The zero-order chi connectivity index (χ0) is 9.90. The minimum Gasteiger partial charge on any atom is -0.0622 e. The molecule has 0 bridgehead atoms. The molecule has 0 fully saturated rings. The van der Waals surface area contributed by atoms with Crippen molar-refractivity contribution in [2.75, 3.05) is 0 Å². The summed E-state index contributed by atoms with van der Waals surface area (Å²) in [5.74, 6) is 0.736. The van der Waals surface area contributed by atoms with Crippen LogP contribution in [0.2, 0.25) is 6.04 Å². The first kappa shape index (κ1) is 10.5. The molecule has 0 nitrogen and oxygen atoms in total. The standard InChI is InChI=1S/C12H20Si/c1-12(2,3)11(9-13)10-7-5-4-6-8-10/h4-8,11H,9H2,1-3,13H3. The Labute approximate surface area is 84.8 Å². The van der Waals surface area contributed by atoms with Gasteiger partial charge < -0.3 is 0 Å². The first-order valence-corrected chi connectivity index (χ1v) is 6.52. The van der Waals surface area contributed by atoms with Crippen LogP contribution in [0.1, 0.15) is 32.3 Å². The summed E-state index contributed by atoms with van der Waals surface area (Å²) >= 11 is 0. The second kappa shape index (κ2) is 4.10. The Hall–Kier alpha value is -0.563. The predicted molar refractivity (Wildman–Crippen MR) is 63.4 cm³/mol. The average Bonchev–Trinajstić information content (AvgIpc) is 2.05. The highest BCUT2D eigenvalue weighted by Gasteiger charge is 2.23. The second-order valence-corrected chi connectivity index (χ2v) is 5.55. The third-order valence-electron chi connectivity index (χ3n) is 2.66. The molecule has 0 aromatic heterocycles. The Balaban J connectivity index is 2.92. The van der Waals surface area contributed by atoms with E-state index in [1.54, 1.807) is 0 Å². The van der Waals surface area contributed by atoms with Crippen LogP contribution < -0.4 is 0 Å². The lowest BCUT2D eigenvalue weighted by Gasteiger charge is -2.30. The van der Waals surface area contributed by atoms with E-state index in [0.29, 0.717) is 5.41 Å². The molecule has 0 saturated heterocycles. The van der Waals surface area contributed by atoms with Crippen molar-refractivity contribution in [3.63, 3.8) is 0 Å². The Morgan fingerprint density at radius 1 is 1.15 bits per heavy atom. The minimum absolute atomic E-state index is 0.406. The molecule has 0 aliphatic carbocycles. The second-order valence-electron chi connectivity index (χ2n) is 4.74. The molecule has 13 heavy (non-hydrogen) atoms. The zero-order valence-electron chi connectivity index (χ0n) is 9.17. The van der Waals surface area contributed by atoms with Crippen molar-refractivity contribution >= 4 is 10.2 Å². The van der Waals surface area contributed by atoms with E-state index in [4.69, 9.17) is 0 Å². The molecule has 0 aliphatic rings. The molecule has 0 heterocycles. The summed E-state index contributed by atoms with van der Waals surface area (Å²) in [6.45, 7) is 7.01. The molecule has 0 radical (unpaired) electrons. The Morgan fingerprint density at radius 2 is 1.69 bits per heavy atom. The van der Waals surface area contributed by atoms with Gasteiger partial charge in [-0.25, -0.2) is 0 Å². The smallest absolute Gasteiger partial charge is 0.00359 e. The molecule has 0 amide bonds. The van der Waals surface area contributed by atoms with Crippen LogP contribution in [0.5, 0.6) is 0 Å². The van der Waals surface area contributed by atoms with E-state index in [1.165, 1.54) is 21.9 Å². The van der Waals surface area contributed by atoms with E-state index < -0.39 is 0 Å². The fourth-order valence-electron chi connectivity index (χ4n) is 2.03. The summed E-state index contributed by atoms with van der Waals surface area (Å²) in [6, 6.07) is 12.3. The maximum absolute atomic E-state index is 2.34. The Morgan fingerprint density at radius 3 is 2.08 bits per heavy atom. The van der Waals surface area contributed by atoms with E-state index in [1.807, 2.05) is 0 Å². The topological polar surface area (TPSA) is 0 Å². The molecule has 1 unspecified atom stereocenters. The predicted octanol–water partition coefficient (Wildman–Crippen LogP) is 2.60. The highest BCUT2D eigenvalue weighted by Crippen LogP contribution is 2.36. The lowest BCUT2D eigenvalue weighted by Crippen LogP contribution is -2.17. The Bertz CT molecular complexity index is 246. The van der Waals surface area contributed by atoms with E-state index in [-0.39, 0.29) is 0 Å². The van der Waals surface area contributed by atoms with E-state index in [2.05, 4.69) is 51.1 Å². The van der Waals surface area contributed by atoms with Crippen LogP contribution in [0, 0.1) is 5.41 Å². The summed E-state index contributed by atoms with van der Waals surface area (Å²) in [4.78, 5) is 0. The summed E-state index contributed by atoms with van der Waals surface area (Å²) < 4.78 is 0. The Kier molecular flexibility index (Phi) is 3.31. The van der Waals surface area contributed by atoms with Gasteiger partial charge in [-0.1, -0.05) is 57.1 Å². The first-order chi connectivity index (χ1) is 6.05. The van der Waals surface area contributed by atoms with Crippen molar-refractivity contribution in [2.45, 2.75) is 32.7 Å². The summed E-state index contributed by atoms with van der Waals surface area (Å²) in [5, 5.41) is 0. The molecule has 0 saturated carbocycles. The van der Waals surface area contributed by atoms with Crippen LogP contribution in [-0.4, -0.2) is 10.2 Å². The van der Waals surface area contributed by atoms with Crippen LogP contribution in [-0.2, 0) is 0 Å². The number of hydrogen-bond donors (Lipinski definition) is 0. The van der Waals surface area contributed by atoms with Crippen molar-refractivity contribution in [1.82, 2.24) is 0 Å². The largest absolute Gasteiger partial charge is 0.0622 e. The summed E-state index contributed by atoms with van der Waals surface area (Å²) in [5.41, 5.74) is 1.91. The van der Waals surface area contributed by atoms with Gasteiger partial charge in [0.1, 0.15) is 0 Å². The molecule has 0 spiro atoms. The molecular weight excluding hydrogens is 172 g/mol. The van der Waals surface area contributed by atoms with Crippen LogP contribution in [0.4, 0.5) is 0 Å². The first-order valence-electron chi connectivity index (χ1n) is 5.10. The lowest BCUT2D eigenvalue weighted by molar-refractivity contribution is 0.340. The minimum atomic E-state index is 0.406. The molecule has 0 N–H and O–H groups in total. The SMILES string of the molecule is CC(C)(C)C(C[SiH3])c1ccccc1. The van der Waals surface area contributed by atoms with Gasteiger partial charge in [0, 0.05) is 10.2 Å². The number of rotatable bonds is 2. The fraction of sp³-hybridized carbons (Fsp3) is 0.500. The zero-order valence-corrected chi connectivity index (χ0v) is 11.2. The molecule has 72 valence electrons. The highest BCUT2D eigenvalue weighted by atomic mass is 28.1. The van der Waals surface area contributed by atoms with Gasteiger partial charge >= 0.3 is 0 Å². The fourth-order valence-corrected chi connectivity index (χ4v) is 3.73. The van der Waals surface area contributed by atoms with Crippen molar-refractivity contribution in [1.29, 1.82) is 0 Å². The van der Waals surface area contributed by atoms with Crippen molar-refractivity contribution < 1.29 is 0 Å². The van der Waals surface area contributed by atoms with Gasteiger partial charge in [0.05, 0.1) is 0 Å². The van der Waals surface area contributed by atoms with Crippen molar-refractivity contribution in [3.8, 4) is 0 Å². The number of hydrogen-bond acceptors (Lipinski definition) is 0. The van der Waals surface area contributed by atoms with E-state index >= 15 is 0 Å². The average molecular weight is 192 g/mol. The lowest BCUT2D eigenvalue weighted by atomic mass is 9.78. The third-order valence-corrected chi connectivity index (χ3v) is 3.47.